The van der Waals surface area contributed by atoms with Crippen LogP contribution in [0.5, 0.6) is 5.88 Å². The monoisotopic (exact) mass is 387 g/mol. The van der Waals surface area contributed by atoms with Crippen molar-refractivity contribution in [1.82, 2.24) is 19.7 Å². The van der Waals surface area contributed by atoms with E-state index >= 15 is 0 Å². The van der Waals surface area contributed by atoms with Gasteiger partial charge in [0.05, 0.1) is 22.1 Å². The molecule has 7 heteroatoms. The van der Waals surface area contributed by atoms with Crippen molar-refractivity contribution < 1.29 is 4.74 Å². The fourth-order valence-electron chi connectivity index (χ4n) is 2.08. The topological polar surface area (TPSA) is 64.9 Å². The van der Waals surface area contributed by atoms with E-state index < -0.39 is 0 Å². The summed E-state index contributed by atoms with van der Waals surface area (Å²) in [6, 6.07) is 0. The molecule has 2 rings (SSSR count). The molecule has 0 aliphatic rings. The van der Waals surface area contributed by atoms with Crippen LogP contribution in [0, 0.1) is 17.4 Å². The minimum absolute atomic E-state index is 0.640. The van der Waals surface area contributed by atoms with Crippen LogP contribution < -0.4 is 10.1 Å². The maximum absolute atomic E-state index is 5.42. The number of aromatic nitrogens is 4. The summed E-state index contributed by atoms with van der Waals surface area (Å²) in [5.41, 5.74) is 2.64. The molecule has 2 aromatic heterocycles. The number of nitrogens with one attached hydrogen (secondary N) is 1. The molecule has 6 nitrogen and oxygen atoms in total. The summed E-state index contributed by atoms with van der Waals surface area (Å²) in [5, 5.41) is 7.64. The maximum atomic E-state index is 5.42. The summed E-state index contributed by atoms with van der Waals surface area (Å²) in [6.07, 6.45) is 0. The molecular formula is C13H18IN5O. The zero-order chi connectivity index (χ0) is 14.9. The average molecular weight is 387 g/mol. The van der Waals surface area contributed by atoms with Gasteiger partial charge in [0, 0.05) is 13.6 Å². The molecule has 0 aromatic carbocycles. The molecule has 0 spiro atoms. The first kappa shape index (κ1) is 15.0. The van der Waals surface area contributed by atoms with Crippen molar-refractivity contribution in [3.63, 3.8) is 0 Å². The van der Waals surface area contributed by atoms with E-state index in [0.717, 1.165) is 32.9 Å². The first-order valence-corrected chi connectivity index (χ1v) is 7.43. The van der Waals surface area contributed by atoms with Gasteiger partial charge in [-0.25, -0.2) is 14.6 Å². The smallest absolute Gasteiger partial charge is 0.222 e. The molecule has 108 valence electrons. The van der Waals surface area contributed by atoms with Gasteiger partial charge in [0.1, 0.15) is 11.4 Å². The molecule has 0 atom stereocenters. The fraction of sp³-hybridized carbons (Fsp3) is 0.462. The Bertz CT molecular complexity index is 638. The summed E-state index contributed by atoms with van der Waals surface area (Å²) in [6.45, 7) is 6.77. The number of anilines is 1. The summed E-state index contributed by atoms with van der Waals surface area (Å²) in [7, 11) is 3.48. The van der Waals surface area contributed by atoms with Crippen molar-refractivity contribution in [3.8, 4) is 17.3 Å². The van der Waals surface area contributed by atoms with E-state index in [-0.39, 0.29) is 0 Å². The lowest BCUT2D eigenvalue weighted by Gasteiger charge is -2.10. The number of rotatable bonds is 4. The van der Waals surface area contributed by atoms with Gasteiger partial charge in [-0.3, -0.25) is 0 Å². The molecule has 0 amide bonds. The molecule has 0 saturated carbocycles. The maximum Gasteiger partial charge on any atom is 0.222 e. The molecule has 0 unspecified atom stereocenters. The van der Waals surface area contributed by atoms with Gasteiger partial charge >= 0.3 is 0 Å². The van der Waals surface area contributed by atoms with E-state index in [1.807, 2.05) is 27.8 Å². The lowest BCUT2D eigenvalue weighted by atomic mass is 10.2. The third-order valence-corrected chi connectivity index (χ3v) is 4.24. The molecule has 0 fully saturated rings. The molecular weight excluding hydrogens is 369 g/mol. The third kappa shape index (κ3) is 2.58. The zero-order valence-electron chi connectivity index (χ0n) is 12.3. The Balaban J connectivity index is 2.64. The number of nitrogens with zero attached hydrogens (tertiary/aromatic N) is 4. The van der Waals surface area contributed by atoms with Crippen LogP contribution in [0.4, 0.5) is 5.82 Å². The first-order valence-electron chi connectivity index (χ1n) is 6.35. The molecule has 0 aliphatic heterocycles. The van der Waals surface area contributed by atoms with Gasteiger partial charge in [0.2, 0.25) is 5.88 Å². The Morgan fingerprint density at radius 3 is 2.55 bits per heavy atom. The van der Waals surface area contributed by atoms with E-state index in [9.17, 15) is 0 Å². The van der Waals surface area contributed by atoms with Crippen LogP contribution in [0.3, 0.4) is 0 Å². The Labute approximate surface area is 132 Å². The van der Waals surface area contributed by atoms with Crippen molar-refractivity contribution in [3.05, 3.63) is 15.0 Å². The van der Waals surface area contributed by atoms with Crippen molar-refractivity contribution >= 4 is 28.4 Å². The van der Waals surface area contributed by atoms with Crippen LogP contribution in [-0.2, 0) is 7.05 Å². The second-order valence-corrected chi connectivity index (χ2v) is 5.50. The highest BCUT2D eigenvalue weighted by atomic mass is 127. The minimum Gasteiger partial charge on any atom is -0.481 e. The summed E-state index contributed by atoms with van der Waals surface area (Å²) in [5.74, 6) is 2.16. The van der Waals surface area contributed by atoms with Crippen LogP contribution in [0.1, 0.15) is 18.3 Å². The second kappa shape index (κ2) is 5.94. The number of hydrogen-bond donors (Lipinski definition) is 1. The number of ether oxygens (including phenoxy) is 1. The Kier molecular flexibility index (Phi) is 4.46. The summed E-state index contributed by atoms with van der Waals surface area (Å²) in [4.78, 5) is 9.19. The first-order chi connectivity index (χ1) is 9.49. The van der Waals surface area contributed by atoms with Crippen LogP contribution in [0.15, 0.2) is 0 Å². The van der Waals surface area contributed by atoms with Crippen LogP contribution in [0.2, 0.25) is 0 Å². The van der Waals surface area contributed by atoms with Crippen molar-refractivity contribution in [2.75, 3.05) is 19.0 Å². The Hall–Kier alpha value is -1.38. The highest BCUT2D eigenvalue weighted by Gasteiger charge is 2.20. The standard InChI is InChI=1S/C13H18IN5O/c1-6-15-12-10(14)8(3)16-11(17-12)9-7(2)18-19(4)13(9)20-5/h6H2,1-5H3,(H,15,16,17). The van der Waals surface area contributed by atoms with E-state index in [1.54, 1.807) is 11.8 Å². The van der Waals surface area contributed by atoms with Gasteiger partial charge in [0.15, 0.2) is 5.82 Å². The van der Waals surface area contributed by atoms with Crippen LogP contribution in [0.25, 0.3) is 11.4 Å². The van der Waals surface area contributed by atoms with Crippen LogP contribution >= 0.6 is 22.6 Å². The number of halogens is 1. The van der Waals surface area contributed by atoms with E-state index in [1.165, 1.54) is 0 Å². The predicted molar refractivity (Wildman–Crippen MR) is 87.1 cm³/mol. The Morgan fingerprint density at radius 1 is 1.25 bits per heavy atom. The number of aryl methyl sites for hydroxylation is 3. The van der Waals surface area contributed by atoms with Gasteiger partial charge in [-0.1, -0.05) is 0 Å². The van der Waals surface area contributed by atoms with E-state index in [2.05, 4.69) is 43.0 Å². The molecule has 2 aromatic rings. The lowest BCUT2D eigenvalue weighted by molar-refractivity contribution is 0.374. The van der Waals surface area contributed by atoms with Gasteiger partial charge < -0.3 is 10.1 Å². The normalized spacial score (nSPS) is 10.7. The second-order valence-electron chi connectivity index (χ2n) is 4.42. The van der Waals surface area contributed by atoms with Gasteiger partial charge in [0.25, 0.3) is 0 Å². The summed E-state index contributed by atoms with van der Waals surface area (Å²) < 4.78 is 8.16. The molecule has 20 heavy (non-hydrogen) atoms. The molecule has 1 N–H and O–H groups in total. The molecule has 0 radical (unpaired) electrons. The van der Waals surface area contributed by atoms with Crippen molar-refractivity contribution in [2.45, 2.75) is 20.8 Å². The molecule has 0 aliphatic carbocycles. The average Bonchev–Trinajstić information content (AvgIpc) is 2.69. The largest absolute Gasteiger partial charge is 0.481 e. The predicted octanol–water partition coefficient (Wildman–Crippen LogP) is 2.54. The highest BCUT2D eigenvalue weighted by Crippen LogP contribution is 2.32. The van der Waals surface area contributed by atoms with E-state index in [0.29, 0.717) is 11.7 Å². The number of methoxy groups -OCH3 is 1. The van der Waals surface area contributed by atoms with Gasteiger partial charge in [-0.15, -0.1) is 0 Å². The van der Waals surface area contributed by atoms with Gasteiger partial charge in [-0.2, -0.15) is 5.10 Å². The SMILES string of the molecule is CCNc1nc(-c2c(C)nn(C)c2OC)nc(C)c1I. The van der Waals surface area contributed by atoms with Crippen molar-refractivity contribution in [1.29, 1.82) is 0 Å². The van der Waals surface area contributed by atoms with E-state index in [4.69, 9.17) is 4.74 Å². The van der Waals surface area contributed by atoms with Crippen molar-refractivity contribution in [2.24, 2.45) is 7.05 Å². The van der Waals surface area contributed by atoms with Gasteiger partial charge in [-0.05, 0) is 43.4 Å². The molecule has 2 heterocycles. The fourth-order valence-corrected chi connectivity index (χ4v) is 2.52. The quantitative estimate of drug-likeness (QED) is 0.817. The lowest BCUT2D eigenvalue weighted by Crippen LogP contribution is -2.06. The minimum atomic E-state index is 0.640. The highest BCUT2D eigenvalue weighted by molar-refractivity contribution is 14.1. The molecule has 0 saturated heterocycles. The summed E-state index contributed by atoms with van der Waals surface area (Å²) >= 11 is 2.26. The number of hydrogen-bond acceptors (Lipinski definition) is 5. The zero-order valence-corrected chi connectivity index (χ0v) is 14.4. The Morgan fingerprint density at radius 2 is 1.95 bits per heavy atom. The molecule has 0 bridgehead atoms. The third-order valence-electron chi connectivity index (χ3n) is 2.95. The van der Waals surface area contributed by atoms with Crippen LogP contribution in [-0.4, -0.2) is 33.4 Å².